The molecule has 0 amide bonds. The molecule has 0 aliphatic carbocycles. The fraction of sp³-hybridized carbons (Fsp3) is 0.200. The minimum absolute atomic E-state index is 0.190. The number of hydrogen-bond donors (Lipinski definition) is 0. The molecule has 0 spiro atoms. The highest BCUT2D eigenvalue weighted by atomic mass is 16.7. The fourth-order valence-corrected chi connectivity index (χ4v) is 4.95. The van der Waals surface area contributed by atoms with Crippen molar-refractivity contribution in [2.24, 2.45) is 0 Å². The highest BCUT2D eigenvalue weighted by molar-refractivity contribution is 5.61. The van der Waals surface area contributed by atoms with Crippen molar-refractivity contribution in [1.29, 1.82) is 0 Å². The standard InChI is InChI=1S/C30H26O5/c1-31-25-15-13-20(18-27(25)32-2)22-17-21-14-16-26-29(28(21)33-19-22)35-30(34-26,23-9-5-3-6-10-23)24-11-7-4-8-12-24/h3-16,18,22H,17,19H2,1-2H3. The Kier molecular flexibility index (Phi) is 5.25. The molecule has 5 heteroatoms. The Balaban J connectivity index is 1.35. The van der Waals surface area contributed by atoms with Crippen LogP contribution in [0.1, 0.15) is 28.2 Å². The van der Waals surface area contributed by atoms with Gasteiger partial charge < -0.3 is 23.7 Å². The van der Waals surface area contributed by atoms with Crippen molar-refractivity contribution >= 4 is 0 Å². The molecule has 0 saturated carbocycles. The number of methoxy groups -OCH3 is 2. The van der Waals surface area contributed by atoms with Crippen molar-refractivity contribution in [2.45, 2.75) is 18.1 Å². The zero-order valence-corrected chi connectivity index (χ0v) is 19.7. The zero-order chi connectivity index (χ0) is 23.8. The molecular weight excluding hydrogens is 440 g/mol. The molecule has 1 unspecified atom stereocenters. The summed E-state index contributed by atoms with van der Waals surface area (Å²) in [5.74, 6) is 2.65. The molecule has 0 saturated heterocycles. The molecule has 35 heavy (non-hydrogen) atoms. The highest BCUT2D eigenvalue weighted by Crippen LogP contribution is 2.54. The SMILES string of the molecule is COc1ccc(C2COc3c(ccc4c3OC(c3ccccc3)(c3ccccc3)O4)C2)cc1OC. The largest absolute Gasteiger partial charge is 0.493 e. The van der Waals surface area contributed by atoms with Crippen molar-refractivity contribution in [3.8, 4) is 28.7 Å². The Bertz CT molecular complexity index is 1310. The first-order valence-electron chi connectivity index (χ1n) is 11.7. The molecule has 0 fully saturated rings. The lowest BCUT2D eigenvalue weighted by atomic mass is 9.90. The second-order valence-electron chi connectivity index (χ2n) is 8.76. The van der Waals surface area contributed by atoms with Crippen LogP contribution in [0.2, 0.25) is 0 Å². The van der Waals surface area contributed by atoms with Gasteiger partial charge in [-0.15, -0.1) is 0 Å². The van der Waals surface area contributed by atoms with Gasteiger partial charge in [-0.2, -0.15) is 0 Å². The summed E-state index contributed by atoms with van der Waals surface area (Å²) < 4.78 is 30.5. The lowest BCUT2D eigenvalue weighted by Crippen LogP contribution is -2.36. The predicted molar refractivity (Wildman–Crippen MR) is 133 cm³/mol. The molecule has 4 aromatic rings. The minimum Gasteiger partial charge on any atom is -0.493 e. The van der Waals surface area contributed by atoms with E-state index in [9.17, 15) is 0 Å². The highest BCUT2D eigenvalue weighted by Gasteiger charge is 2.47. The monoisotopic (exact) mass is 466 g/mol. The first-order chi connectivity index (χ1) is 17.2. The van der Waals surface area contributed by atoms with Crippen LogP contribution in [-0.4, -0.2) is 20.8 Å². The van der Waals surface area contributed by atoms with Crippen LogP contribution in [0.15, 0.2) is 91.0 Å². The third-order valence-electron chi connectivity index (χ3n) is 6.74. The molecule has 2 heterocycles. The molecule has 176 valence electrons. The molecule has 2 aliphatic rings. The predicted octanol–water partition coefficient (Wildman–Crippen LogP) is 6.10. The molecule has 0 aromatic heterocycles. The quantitative estimate of drug-likeness (QED) is 0.356. The van der Waals surface area contributed by atoms with Crippen LogP contribution in [0.4, 0.5) is 0 Å². The van der Waals surface area contributed by atoms with Crippen LogP contribution in [0.3, 0.4) is 0 Å². The van der Waals surface area contributed by atoms with E-state index in [2.05, 4.69) is 12.1 Å². The third kappa shape index (κ3) is 3.55. The molecule has 6 rings (SSSR count). The van der Waals surface area contributed by atoms with Crippen LogP contribution in [0.25, 0.3) is 0 Å². The van der Waals surface area contributed by atoms with Crippen LogP contribution in [0, 0.1) is 0 Å². The van der Waals surface area contributed by atoms with E-state index < -0.39 is 5.79 Å². The maximum atomic E-state index is 6.69. The van der Waals surface area contributed by atoms with Crippen molar-refractivity contribution < 1.29 is 23.7 Å². The third-order valence-corrected chi connectivity index (χ3v) is 6.74. The van der Waals surface area contributed by atoms with E-state index in [4.69, 9.17) is 23.7 Å². The summed E-state index contributed by atoms with van der Waals surface area (Å²) in [5, 5.41) is 0. The number of fused-ring (bicyclic) bond motifs is 3. The smallest absolute Gasteiger partial charge is 0.305 e. The van der Waals surface area contributed by atoms with Crippen LogP contribution in [0.5, 0.6) is 28.7 Å². The van der Waals surface area contributed by atoms with E-state index in [1.807, 2.05) is 78.9 Å². The second kappa shape index (κ2) is 8.58. The molecule has 5 nitrogen and oxygen atoms in total. The Morgan fingerprint density at radius 1 is 0.714 bits per heavy atom. The summed E-state index contributed by atoms with van der Waals surface area (Å²) in [5.41, 5.74) is 4.09. The minimum atomic E-state index is -1.07. The summed E-state index contributed by atoms with van der Waals surface area (Å²) in [4.78, 5) is 0. The van der Waals surface area contributed by atoms with Crippen LogP contribution < -0.4 is 23.7 Å². The second-order valence-corrected chi connectivity index (χ2v) is 8.76. The van der Waals surface area contributed by atoms with E-state index in [-0.39, 0.29) is 5.92 Å². The van der Waals surface area contributed by atoms with Gasteiger partial charge in [0.25, 0.3) is 0 Å². The van der Waals surface area contributed by atoms with Gasteiger partial charge in [-0.1, -0.05) is 72.8 Å². The van der Waals surface area contributed by atoms with E-state index in [0.717, 1.165) is 45.9 Å². The average molecular weight is 467 g/mol. The summed E-state index contributed by atoms with van der Waals surface area (Å²) in [6, 6.07) is 30.2. The topological polar surface area (TPSA) is 46.2 Å². The number of rotatable bonds is 5. The van der Waals surface area contributed by atoms with Crippen molar-refractivity contribution in [1.82, 2.24) is 0 Å². The number of hydrogen-bond acceptors (Lipinski definition) is 5. The van der Waals surface area contributed by atoms with Gasteiger partial charge in [0.15, 0.2) is 23.0 Å². The Morgan fingerprint density at radius 2 is 1.40 bits per heavy atom. The first-order valence-corrected chi connectivity index (χ1v) is 11.7. The van der Waals surface area contributed by atoms with Crippen molar-refractivity contribution in [2.75, 3.05) is 20.8 Å². The van der Waals surface area contributed by atoms with Crippen molar-refractivity contribution in [3.63, 3.8) is 0 Å². The summed E-state index contributed by atoms with van der Waals surface area (Å²) in [6.07, 6.45) is 0.825. The molecule has 0 N–H and O–H groups in total. The van der Waals surface area contributed by atoms with E-state index >= 15 is 0 Å². The van der Waals surface area contributed by atoms with E-state index in [1.165, 1.54) is 0 Å². The summed E-state index contributed by atoms with van der Waals surface area (Å²) in [6.45, 7) is 0.534. The van der Waals surface area contributed by atoms with E-state index in [1.54, 1.807) is 14.2 Å². The normalized spacial score (nSPS) is 17.3. The van der Waals surface area contributed by atoms with Crippen LogP contribution >= 0.6 is 0 Å². The van der Waals surface area contributed by atoms with Gasteiger partial charge >= 0.3 is 5.79 Å². The van der Waals surface area contributed by atoms with Gasteiger partial charge in [0.1, 0.15) is 0 Å². The van der Waals surface area contributed by atoms with Gasteiger partial charge in [-0.05, 0) is 35.7 Å². The molecular formula is C30H26O5. The fourth-order valence-electron chi connectivity index (χ4n) is 4.95. The summed E-state index contributed by atoms with van der Waals surface area (Å²) >= 11 is 0. The van der Waals surface area contributed by atoms with Gasteiger partial charge in [-0.3, -0.25) is 0 Å². The molecule has 2 aliphatic heterocycles. The molecule has 1 atom stereocenters. The summed E-state index contributed by atoms with van der Waals surface area (Å²) in [7, 11) is 3.30. The maximum Gasteiger partial charge on any atom is 0.305 e. The van der Waals surface area contributed by atoms with Crippen LogP contribution in [-0.2, 0) is 12.2 Å². The Morgan fingerprint density at radius 3 is 2.06 bits per heavy atom. The number of benzene rings is 4. The lowest BCUT2D eigenvalue weighted by Gasteiger charge is -2.29. The Labute approximate surface area is 204 Å². The Hall–Kier alpha value is -4.12. The van der Waals surface area contributed by atoms with Gasteiger partial charge in [0.2, 0.25) is 5.75 Å². The van der Waals surface area contributed by atoms with E-state index in [0.29, 0.717) is 18.1 Å². The lowest BCUT2D eigenvalue weighted by molar-refractivity contribution is -0.0470. The van der Waals surface area contributed by atoms with Gasteiger partial charge in [0.05, 0.1) is 20.8 Å². The van der Waals surface area contributed by atoms with Gasteiger partial charge in [-0.25, -0.2) is 0 Å². The van der Waals surface area contributed by atoms with Crippen molar-refractivity contribution in [3.05, 3.63) is 113 Å². The maximum absolute atomic E-state index is 6.69. The molecule has 0 bridgehead atoms. The molecule has 4 aromatic carbocycles. The van der Waals surface area contributed by atoms with Gasteiger partial charge in [0, 0.05) is 17.0 Å². The number of ether oxygens (including phenoxy) is 5. The molecule has 0 radical (unpaired) electrons. The average Bonchev–Trinajstić information content (AvgIpc) is 3.35. The first kappa shape index (κ1) is 21.4. The zero-order valence-electron chi connectivity index (χ0n) is 19.7.